The third kappa shape index (κ3) is 2.14. The number of nitrogens with zero attached hydrogens (tertiary/aromatic N) is 1. The van der Waals surface area contributed by atoms with E-state index in [2.05, 4.69) is 36.2 Å². The van der Waals surface area contributed by atoms with Gasteiger partial charge in [0.05, 0.1) is 5.52 Å². The van der Waals surface area contributed by atoms with Gasteiger partial charge in [-0.1, -0.05) is 31.9 Å². The van der Waals surface area contributed by atoms with Gasteiger partial charge in [-0.25, -0.2) is 0 Å². The maximum atomic E-state index is 6.62. The van der Waals surface area contributed by atoms with Crippen LogP contribution in [0.2, 0.25) is 0 Å². The van der Waals surface area contributed by atoms with E-state index in [-0.39, 0.29) is 6.04 Å². The van der Waals surface area contributed by atoms with Gasteiger partial charge in [-0.3, -0.25) is 4.98 Å². The number of hydrogen-bond acceptors (Lipinski definition) is 2. The number of fused-ring (bicyclic) bond motifs is 1. The molecule has 0 saturated heterocycles. The Kier molecular flexibility index (Phi) is 3.28. The fraction of sp³-hybridized carbons (Fsp3) is 0.471. The quantitative estimate of drug-likeness (QED) is 0.891. The van der Waals surface area contributed by atoms with Gasteiger partial charge in [0.25, 0.3) is 0 Å². The van der Waals surface area contributed by atoms with Crippen LogP contribution >= 0.6 is 0 Å². The fourth-order valence-corrected chi connectivity index (χ4v) is 3.60. The Hall–Kier alpha value is -1.41. The molecule has 0 spiro atoms. The maximum absolute atomic E-state index is 6.62. The molecule has 2 N–H and O–H groups in total. The number of pyridine rings is 1. The molecule has 1 unspecified atom stereocenters. The van der Waals surface area contributed by atoms with Crippen LogP contribution in [0, 0.1) is 5.41 Å². The molecule has 1 aromatic carbocycles. The number of aromatic nitrogens is 1. The molecule has 1 heterocycles. The molecule has 2 aromatic rings. The number of nitrogens with two attached hydrogens (primary N) is 1. The van der Waals surface area contributed by atoms with Crippen LogP contribution in [0.5, 0.6) is 0 Å². The van der Waals surface area contributed by atoms with Gasteiger partial charge in [0, 0.05) is 17.6 Å². The number of hydrogen-bond donors (Lipinski definition) is 1. The third-order valence-electron chi connectivity index (χ3n) is 4.95. The van der Waals surface area contributed by atoms with Crippen LogP contribution in [0.15, 0.2) is 36.5 Å². The van der Waals surface area contributed by atoms with E-state index in [0.29, 0.717) is 5.41 Å². The highest BCUT2D eigenvalue weighted by Gasteiger charge is 2.38. The zero-order chi connectivity index (χ0) is 13.3. The standard InChI is InChI=1S/C17H22N2/c1-2-17(9-3-4-10-17)16(18)14-7-8-15-13(12-14)6-5-11-19-15/h5-8,11-12,16H,2-4,9-10,18H2,1H3. The van der Waals surface area contributed by atoms with Crippen molar-refractivity contribution in [3.8, 4) is 0 Å². The first kappa shape index (κ1) is 12.6. The molecule has 1 aliphatic rings. The number of benzene rings is 1. The minimum absolute atomic E-state index is 0.157. The van der Waals surface area contributed by atoms with Crippen LogP contribution in [0.25, 0.3) is 10.9 Å². The molecule has 0 bridgehead atoms. The molecule has 0 radical (unpaired) electrons. The summed E-state index contributed by atoms with van der Waals surface area (Å²) >= 11 is 0. The van der Waals surface area contributed by atoms with Crippen molar-refractivity contribution in [3.63, 3.8) is 0 Å². The first-order chi connectivity index (χ1) is 9.25. The van der Waals surface area contributed by atoms with Gasteiger partial charge >= 0.3 is 0 Å². The van der Waals surface area contributed by atoms with E-state index in [0.717, 1.165) is 5.52 Å². The lowest BCUT2D eigenvalue weighted by atomic mass is 9.74. The second-order valence-corrected chi connectivity index (χ2v) is 5.86. The Bertz CT molecular complexity index is 570. The van der Waals surface area contributed by atoms with Crippen molar-refractivity contribution in [2.24, 2.45) is 11.1 Å². The maximum Gasteiger partial charge on any atom is 0.0702 e. The molecule has 1 saturated carbocycles. The van der Waals surface area contributed by atoms with Crippen molar-refractivity contribution in [1.82, 2.24) is 4.98 Å². The smallest absolute Gasteiger partial charge is 0.0702 e. The first-order valence-corrected chi connectivity index (χ1v) is 7.35. The van der Waals surface area contributed by atoms with Crippen LogP contribution in [0.4, 0.5) is 0 Å². The summed E-state index contributed by atoms with van der Waals surface area (Å²) in [6.07, 6.45) is 8.23. The molecular weight excluding hydrogens is 232 g/mol. The van der Waals surface area contributed by atoms with Crippen LogP contribution < -0.4 is 5.73 Å². The van der Waals surface area contributed by atoms with Crippen molar-refractivity contribution < 1.29 is 0 Å². The van der Waals surface area contributed by atoms with Gasteiger partial charge in [-0.2, -0.15) is 0 Å². The second-order valence-electron chi connectivity index (χ2n) is 5.86. The summed E-state index contributed by atoms with van der Waals surface area (Å²) in [5.74, 6) is 0. The highest BCUT2D eigenvalue weighted by molar-refractivity contribution is 5.79. The Morgan fingerprint density at radius 3 is 2.79 bits per heavy atom. The van der Waals surface area contributed by atoms with Crippen LogP contribution in [0.1, 0.15) is 50.6 Å². The van der Waals surface area contributed by atoms with Gasteiger partial charge in [0.15, 0.2) is 0 Å². The summed E-state index contributed by atoms with van der Waals surface area (Å²) in [7, 11) is 0. The summed E-state index contributed by atoms with van der Waals surface area (Å²) in [6.45, 7) is 2.29. The van der Waals surface area contributed by atoms with Crippen LogP contribution in [-0.2, 0) is 0 Å². The highest BCUT2D eigenvalue weighted by Crippen LogP contribution is 2.49. The van der Waals surface area contributed by atoms with Crippen molar-refractivity contribution in [3.05, 3.63) is 42.1 Å². The fourth-order valence-electron chi connectivity index (χ4n) is 3.60. The molecule has 2 heteroatoms. The normalized spacial score (nSPS) is 19.7. The van der Waals surface area contributed by atoms with E-state index in [9.17, 15) is 0 Å². The molecule has 3 rings (SSSR count). The highest BCUT2D eigenvalue weighted by atomic mass is 14.7. The average molecular weight is 254 g/mol. The van der Waals surface area contributed by atoms with E-state index in [1.165, 1.54) is 43.1 Å². The van der Waals surface area contributed by atoms with Crippen molar-refractivity contribution in [1.29, 1.82) is 0 Å². The molecule has 1 aliphatic carbocycles. The average Bonchev–Trinajstić information content (AvgIpc) is 2.96. The van der Waals surface area contributed by atoms with Crippen LogP contribution in [-0.4, -0.2) is 4.98 Å². The predicted octanol–water partition coefficient (Wildman–Crippen LogP) is 4.21. The van der Waals surface area contributed by atoms with E-state index >= 15 is 0 Å². The predicted molar refractivity (Wildman–Crippen MR) is 79.9 cm³/mol. The molecule has 100 valence electrons. The van der Waals surface area contributed by atoms with Crippen molar-refractivity contribution in [2.75, 3.05) is 0 Å². The Morgan fingerprint density at radius 2 is 2.05 bits per heavy atom. The van der Waals surface area contributed by atoms with Gasteiger partial charge in [-0.15, -0.1) is 0 Å². The van der Waals surface area contributed by atoms with Crippen LogP contribution in [0.3, 0.4) is 0 Å². The molecule has 0 amide bonds. The third-order valence-corrected chi connectivity index (χ3v) is 4.95. The van der Waals surface area contributed by atoms with Crippen molar-refractivity contribution >= 4 is 10.9 Å². The lowest BCUT2D eigenvalue weighted by molar-refractivity contribution is 0.222. The minimum Gasteiger partial charge on any atom is -0.323 e. The molecule has 1 aromatic heterocycles. The molecule has 0 aliphatic heterocycles. The molecule has 19 heavy (non-hydrogen) atoms. The van der Waals surface area contributed by atoms with E-state index in [1.807, 2.05) is 12.3 Å². The summed E-state index contributed by atoms with van der Waals surface area (Å²) < 4.78 is 0. The SMILES string of the molecule is CCC1(C(N)c2ccc3ncccc3c2)CCCC1. The molecule has 1 atom stereocenters. The molecule has 1 fully saturated rings. The lowest BCUT2D eigenvalue weighted by Crippen LogP contribution is -2.31. The Labute approximate surface area is 115 Å². The lowest BCUT2D eigenvalue weighted by Gasteiger charge is -2.34. The van der Waals surface area contributed by atoms with Gasteiger partial charge < -0.3 is 5.73 Å². The zero-order valence-corrected chi connectivity index (χ0v) is 11.6. The van der Waals surface area contributed by atoms with Gasteiger partial charge in [-0.05, 0) is 48.4 Å². The minimum atomic E-state index is 0.157. The van der Waals surface area contributed by atoms with E-state index in [4.69, 9.17) is 5.73 Å². The van der Waals surface area contributed by atoms with Gasteiger partial charge in [0.1, 0.15) is 0 Å². The number of rotatable bonds is 3. The summed E-state index contributed by atoms with van der Waals surface area (Å²) in [5, 5.41) is 1.19. The first-order valence-electron chi connectivity index (χ1n) is 7.35. The summed E-state index contributed by atoms with van der Waals surface area (Å²) in [5.41, 5.74) is 9.25. The Balaban J connectivity index is 1.99. The zero-order valence-electron chi connectivity index (χ0n) is 11.6. The summed E-state index contributed by atoms with van der Waals surface area (Å²) in [6, 6.07) is 10.8. The molecular formula is C17H22N2. The van der Waals surface area contributed by atoms with E-state index in [1.54, 1.807) is 0 Å². The van der Waals surface area contributed by atoms with Gasteiger partial charge in [0.2, 0.25) is 0 Å². The summed E-state index contributed by atoms with van der Waals surface area (Å²) in [4.78, 5) is 4.38. The largest absolute Gasteiger partial charge is 0.323 e. The molecule has 2 nitrogen and oxygen atoms in total. The second kappa shape index (κ2) is 4.93. The van der Waals surface area contributed by atoms with E-state index < -0.39 is 0 Å². The van der Waals surface area contributed by atoms with Crippen molar-refractivity contribution in [2.45, 2.75) is 45.1 Å². The Morgan fingerprint density at radius 1 is 1.26 bits per heavy atom. The monoisotopic (exact) mass is 254 g/mol. The topological polar surface area (TPSA) is 38.9 Å².